The Hall–Kier alpha value is -1.94. The van der Waals surface area contributed by atoms with Crippen LogP contribution in [-0.4, -0.2) is 16.2 Å². The topological polar surface area (TPSA) is 57.5 Å². The van der Waals surface area contributed by atoms with Crippen molar-refractivity contribution in [1.29, 1.82) is 0 Å². The van der Waals surface area contributed by atoms with Crippen molar-refractivity contribution < 1.29 is 15.0 Å². The molecule has 3 nitrogen and oxygen atoms in total. The Morgan fingerprint density at radius 2 is 1.83 bits per heavy atom. The summed E-state index contributed by atoms with van der Waals surface area (Å²) >= 11 is 1.49. The highest BCUT2D eigenvalue weighted by Gasteiger charge is 2.09. The molecule has 0 aliphatic heterocycles. The molecule has 0 atom stereocenters. The maximum absolute atomic E-state index is 10.8. The van der Waals surface area contributed by atoms with Crippen molar-refractivity contribution in [3.8, 4) is 5.75 Å². The first-order valence-corrected chi connectivity index (χ1v) is 6.23. The molecule has 0 heterocycles. The number of aliphatic carboxylic acids is 1. The molecule has 0 spiro atoms. The van der Waals surface area contributed by atoms with Crippen LogP contribution in [0.2, 0.25) is 0 Å². The van der Waals surface area contributed by atoms with Gasteiger partial charge in [-0.3, -0.25) is 4.79 Å². The predicted molar refractivity (Wildman–Crippen MR) is 70.0 cm³/mol. The zero-order chi connectivity index (χ0) is 13.0. The third-order valence-corrected chi connectivity index (χ3v) is 3.48. The fraction of sp³-hybridized carbons (Fsp3) is 0.0714. The van der Waals surface area contributed by atoms with E-state index in [1.807, 2.05) is 30.3 Å². The molecule has 2 N–H and O–H groups in total. The zero-order valence-electron chi connectivity index (χ0n) is 9.54. The maximum atomic E-state index is 10.8. The van der Waals surface area contributed by atoms with E-state index in [0.29, 0.717) is 5.56 Å². The fourth-order valence-corrected chi connectivity index (χ4v) is 2.53. The molecular weight excluding hydrogens is 248 g/mol. The van der Waals surface area contributed by atoms with Crippen LogP contribution in [0.3, 0.4) is 0 Å². The number of phenols is 1. The molecule has 0 aliphatic rings. The van der Waals surface area contributed by atoms with Crippen LogP contribution in [0.25, 0.3) is 0 Å². The highest BCUT2D eigenvalue weighted by molar-refractivity contribution is 7.99. The third-order valence-electron chi connectivity index (χ3n) is 2.36. The van der Waals surface area contributed by atoms with Crippen LogP contribution in [0.4, 0.5) is 0 Å². The van der Waals surface area contributed by atoms with Crippen molar-refractivity contribution in [2.75, 3.05) is 0 Å². The average molecular weight is 260 g/mol. The molecule has 4 heteroatoms. The van der Waals surface area contributed by atoms with Crippen molar-refractivity contribution in [3.05, 3.63) is 54.1 Å². The van der Waals surface area contributed by atoms with Crippen LogP contribution in [-0.2, 0) is 11.2 Å². The van der Waals surface area contributed by atoms with Gasteiger partial charge in [-0.15, -0.1) is 0 Å². The van der Waals surface area contributed by atoms with Gasteiger partial charge < -0.3 is 10.2 Å². The van der Waals surface area contributed by atoms with Crippen LogP contribution in [0.15, 0.2) is 58.3 Å². The third kappa shape index (κ3) is 3.28. The molecule has 0 amide bonds. The number of phenolic OH excluding ortho intramolecular Hbond substituents is 1. The molecule has 2 aromatic carbocycles. The van der Waals surface area contributed by atoms with Gasteiger partial charge in [0.1, 0.15) is 5.75 Å². The van der Waals surface area contributed by atoms with Crippen molar-refractivity contribution in [3.63, 3.8) is 0 Å². The zero-order valence-corrected chi connectivity index (χ0v) is 10.4. The molecule has 0 saturated carbocycles. The second-order valence-corrected chi connectivity index (χ2v) is 4.89. The number of aromatic hydroxyl groups is 1. The molecule has 0 aliphatic carbocycles. The Morgan fingerprint density at radius 3 is 2.50 bits per heavy atom. The first kappa shape index (κ1) is 12.5. The highest BCUT2D eigenvalue weighted by atomic mass is 32.2. The van der Waals surface area contributed by atoms with E-state index < -0.39 is 5.97 Å². The second-order valence-electron chi connectivity index (χ2n) is 3.78. The minimum atomic E-state index is -0.907. The molecule has 0 aromatic heterocycles. The predicted octanol–water partition coefficient (Wildman–Crippen LogP) is 3.17. The summed E-state index contributed by atoms with van der Waals surface area (Å²) in [5.74, 6) is -0.820. The van der Waals surface area contributed by atoms with Gasteiger partial charge in [0.05, 0.1) is 6.42 Å². The van der Waals surface area contributed by atoms with Crippen molar-refractivity contribution in [1.82, 2.24) is 0 Å². The van der Waals surface area contributed by atoms with Crippen molar-refractivity contribution in [2.24, 2.45) is 0 Å². The van der Waals surface area contributed by atoms with Crippen molar-refractivity contribution >= 4 is 17.7 Å². The van der Waals surface area contributed by atoms with E-state index in [1.54, 1.807) is 12.1 Å². The van der Waals surface area contributed by atoms with Crippen molar-refractivity contribution in [2.45, 2.75) is 16.2 Å². The van der Waals surface area contributed by atoms with E-state index >= 15 is 0 Å². The Bertz CT molecular complexity index is 552. The number of benzene rings is 2. The monoisotopic (exact) mass is 260 g/mol. The Balaban J connectivity index is 2.29. The molecule has 2 aromatic rings. The van der Waals surface area contributed by atoms with Crippen LogP contribution in [0.5, 0.6) is 5.75 Å². The van der Waals surface area contributed by atoms with Gasteiger partial charge in [0.25, 0.3) is 0 Å². The van der Waals surface area contributed by atoms with Crippen LogP contribution in [0, 0.1) is 0 Å². The lowest BCUT2D eigenvalue weighted by atomic mass is 10.1. The number of carbonyl (C=O) groups is 1. The molecule has 92 valence electrons. The fourth-order valence-electron chi connectivity index (χ4n) is 1.58. The minimum absolute atomic E-state index is 0.0867. The van der Waals surface area contributed by atoms with Gasteiger partial charge in [-0.1, -0.05) is 30.0 Å². The molecule has 0 radical (unpaired) electrons. The summed E-state index contributed by atoms with van der Waals surface area (Å²) in [7, 11) is 0. The second kappa shape index (κ2) is 5.60. The molecular formula is C14H12O3S. The normalized spacial score (nSPS) is 10.2. The SMILES string of the molecule is O=C(O)Cc1cc(O)ccc1Sc1ccccc1. The highest BCUT2D eigenvalue weighted by Crippen LogP contribution is 2.32. The largest absolute Gasteiger partial charge is 0.508 e. The van der Waals surface area contributed by atoms with Gasteiger partial charge >= 0.3 is 5.97 Å². The summed E-state index contributed by atoms with van der Waals surface area (Å²) in [6, 6.07) is 14.5. The van der Waals surface area contributed by atoms with E-state index in [0.717, 1.165) is 9.79 Å². The molecule has 0 bridgehead atoms. The van der Waals surface area contributed by atoms with Gasteiger partial charge in [0.15, 0.2) is 0 Å². The summed E-state index contributed by atoms with van der Waals surface area (Å²) in [6.07, 6.45) is -0.0937. The lowest BCUT2D eigenvalue weighted by Gasteiger charge is -2.08. The van der Waals surface area contributed by atoms with Crippen LogP contribution in [0.1, 0.15) is 5.56 Å². The van der Waals surface area contributed by atoms with Gasteiger partial charge in [0.2, 0.25) is 0 Å². The molecule has 2 rings (SSSR count). The van der Waals surface area contributed by atoms with Gasteiger partial charge in [-0.05, 0) is 35.9 Å². The molecule has 18 heavy (non-hydrogen) atoms. The van der Waals surface area contributed by atoms with Crippen LogP contribution >= 0.6 is 11.8 Å². The standard InChI is InChI=1S/C14H12O3S/c15-11-6-7-13(10(8-11)9-14(16)17)18-12-4-2-1-3-5-12/h1-8,15H,9H2,(H,16,17). The lowest BCUT2D eigenvalue weighted by molar-refractivity contribution is -0.136. The minimum Gasteiger partial charge on any atom is -0.508 e. The Morgan fingerprint density at radius 1 is 1.11 bits per heavy atom. The van der Waals surface area contributed by atoms with Crippen LogP contribution < -0.4 is 0 Å². The Kier molecular flexibility index (Phi) is 3.89. The van der Waals surface area contributed by atoms with Gasteiger partial charge in [-0.2, -0.15) is 0 Å². The number of carboxylic acid groups (broad SMARTS) is 1. The quantitative estimate of drug-likeness (QED) is 0.886. The van der Waals surface area contributed by atoms with Gasteiger partial charge in [0, 0.05) is 9.79 Å². The first-order chi connectivity index (χ1) is 8.65. The Labute approximate surface area is 109 Å². The van der Waals surface area contributed by atoms with E-state index in [1.165, 1.54) is 17.8 Å². The molecule has 0 saturated heterocycles. The maximum Gasteiger partial charge on any atom is 0.307 e. The number of rotatable bonds is 4. The summed E-state index contributed by atoms with van der Waals surface area (Å²) in [5.41, 5.74) is 0.622. The first-order valence-electron chi connectivity index (χ1n) is 5.42. The lowest BCUT2D eigenvalue weighted by Crippen LogP contribution is -2.01. The van der Waals surface area contributed by atoms with E-state index in [-0.39, 0.29) is 12.2 Å². The number of carboxylic acids is 1. The van der Waals surface area contributed by atoms with Gasteiger partial charge in [-0.25, -0.2) is 0 Å². The van der Waals surface area contributed by atoms with E-state index in [2.05, 4.69) is 0 Å². The number of hydrogen-bond acceptors (Lipinski definition) is 3. The average Bonchev–Trinajstić information content (AvgIpc) is 2.33. The molecule has 0 fully saturated rings. The summed E-state index contributed by atoms with van der Waals surface area (Å²) in [6.45, 7) is 0. The summed E-state index contributed by atoms with van der Waals surface area (Å²) in [4.78, 5) is 12.7. The summed E-state index contributed by atoms with van der Waals surface area (Å²) < 4.78 is 0. The smallest absolute Gasteiger partial charge is 0.307 e. The number of hydrogen-bond donors (Lipinski definition) is 2. The summed E-state index contributed by atoms with van der Waals surface area (Å²) in [5, 5.41) is 18.3. The van der Waals surface area contributed by atoms with E-state index in [9.17, 15) is 9.90 Å². The van der Waals surface area contributed by atoms with E-state index in [4.69, 9.17) is 5.11 Å². The molecule has 0 unspecified atom stereocenters.